The van der Waals surface area contributed by atoms with Crippen molar-refractivity contribution >= 4 is 42.7 Å². The van der Waals surface area contributed by atoms with Crippen molar-refractivity contribution in [1.29, 1.82) is 0 Å². The van der Waals surface area contributed by atoms with E-state index in [-0.39, 0.29) is 17.6 Å². The van der Waals surface area contributed by atoms with E-state index in [0.29, 0.717) is 11.3 Å². The van der Waals surface area contributed by atoms with E-state index in [1.54, 1.807) is 33.1 Å². The number of carbonyl (C=O) groups excluding carboxylic acids is 1. The summed E-state index contributed by atoms with van der Waals surface area (Å²) in [6.07, 6.45) is -0.247. The highest BCUT2D eigenvalue weighted by molar-refractivity contribution is 6.33. The van der Waals surface area contributed by atoms with Crippen LogP contribution in [0.15, 0.2) is 30.0 Å². The molecule has 0 fully saturated rings. The van der Waals surface area contributed by atoms with Gasteiger partial charge in [0.15, 0.2) is 5.76 Å². The Labute approximate surface area is 157 Å². The Balaban J connectivity index is 0.00000101. The van der Waals surface area contributed by atoms with Crippen molar-refractivity contribution in [2.24, 2.45) is 0 Å². The summed E-state index contributed by atoms with van der Waals surface area (Å²) in [4.78, 5) is 12.0. The molecule has 0 N–H and O–H groups in total. The monoisotopic (exact) mass is 404 g/mol. The molecule has 0 amide bonds. The van der Waals surface area contributed by atoms with Crippen LogP contribution in [-0.4, -0.2) is 64.4 Å². The maximum atomic E-state index is 12.0. The number of rotatable bonds is 8. The Kier molecular flexibility index (Phi) is 12.8. The highest BCUT2D eigenvalue weighted by Gasteiger charge is 2.23. The number of benzene rings is 1. The van der Waals surface area contributed by atoms with Crippen molar-refractivity contribution < 1.29 is 32.0 Å². The molecule has 10 heteroatoms. The minimum atomic E-state index is -0.578. The molecule has 1 aromatic rings. The van der Waals surface area contributed by atoms with Crippen LogP contribution in [0.3, 0.4) is 0 Å². The van der Waals surface area contributed by atoms with E-state index >= 15 is 0 Å². The second-order valence-electron chi connectivity index (χ2n) is 4.92. The Bertz CT molecular complexity index is 548. The molecule has 0 aromatic heterocycles. The third-order valence-electron chi connectivity index (χ3n) is 2.73. The van der Waals surface area contributed by atoms with Gasteiger partial charge in [-0.2, -0.15) is 0 Å². The van der Waals surface area contributed by atoms with Crippen LogP contribution in [0.25, 0.3) is 5.76 Å². The molecule has 0 aliphatic rings. The van der Waals surface area contributed by atoms with Gasteiger partial charge in [-0.1, -0.05) is 12.1 Å². The van der Waals surface area contributed by atoms with Gasteiger partial charge in [-0.05, 0) is 26.0 Å². The zero-order valence-electron chi connectivity index (χ0n) is 16.0. The van der Waals surface area contributed by atoms with Gasteiger partial charge in [-0.25, -0.2) is 4.79 Å². The van der Waals surface area contributed by atoms with Crippen molar-refractivity contribution in [1.82, 2.24) is 0 Å². The van der Waals surface area contributed by atoms with Crippen molar-refractivity contribution in [3.8, 4) is 5.75 Å². The standard InChI is InChI=1S/C15H20O5.H8O2Si3/c1-10(2)20-15(16)14(19-5)13(18-4)11-8-6-7-9-12(11)17-3;3-1-5-2-4/h6-10H,1-5H3;5H2,3-4H3. The molecule has 25 heavy (non-hydrogen) atoms. The van der Waals surface area contributed by atoms with Crippen molar-refractivity contribution in [3.05, 3.63) is 35.6 Å². The topological polar surface area (TPSA) is 72.5 Å². The molecule has 0 spiro atoms. The number of methoxy groups -OCH3 is 3. The van der Waals surface area contributed by atoms with Gasteiger partial charge in [-0.3, -0.25) is 0 Å². The van der Waals surface area contributed by atoms with Crippen molar-refractivity contribution in [2.75, 3.05) is 21.3 Å². The van der Waals surface area contributed by atoms with Gasteiger partial charge in [0, 0.05) is 0 Å². The molecule has 1 rings (SSSR count). The van der Waals surface area contributed by atoms with Gasteiger partial charge in [0.25, 0.3) is 10.0 Å². The molecule has 0 aliphatic carbocycles. The first-order valence-electron chi connectivity index (χ1n) is 7.61. The summed E-state index contributed by atoms with van der Waals surface area (Å²) in [6, 6.07) is 7.20. The lowest BCUT2D eigenvalue weighted by Crippen LogP contribution is -2.17. The number of ether oxygens (including phenoxy) is 4. The number of hydrogen-bond donors (Lipinski definition) is 0. The molecule has 7 nitrogen and oxygen atoms in total. The average Bonchev–Trinajstić information content (AvgIpc) is 2.60. The molecule has 0 bridgehead atoms. The van der Waals surface area contributed by atoms with E-state index in [2.05, 4.69) is 0 Å². The quantitative estimate of drug-likeness (QED) is 0.243. The van der Waals surface area contributed by atoms with Gasteiger partial charge in [0.2, 0.25) is 5.76 Å². The minimum Gasteiger partial charge on any atom is -0.496 e. The largest absolute Gasteiger partial charge is 0.496 e. The van der Waals surface area contributed by atoms with Crippen LogP contribution in [0.2, 0.25) is 0 Å². The smallest absolute Gasteiger partial charge is 0.377 e. The molecular weight excluding hydrogens is 376 g/mol. The Morgan fingerprint density at radius 1 is 1.04 bits per heavy atom. The second kappa shape index (κ2) is 13.7. The van der Waals surface area contributed by atoms with E-state index in [1.165, 1.54) is 14.2 Å². The molecule has 1 aromatic carbocycles. The molecule has 0 radical (unpaired) electrons. The molecule has 0 saturated carbocycles. The lowest BCUT2D eigenvalue weighted by Gasteiger charge is -2.16. The summed E-state index contributed by atoms with van der Waals surface area (Å²) in [6.45, 7) is 3.53. The predicted octanol–water partition coefficient (Wildman–Crippen LogP) is -0.813. The molecule has 0 heterocycles. The third kappa shape index (κ3) is 8.36. The Hall–Kier alpha value is -1.60. The zero-order valence-corrected chi connectivity index (χ0v) is 21.4. The highest BCUT2D eigenvalue weighted by Crippen LogP contribution is 2.29. The lowest BCUT2D eigenvalue weighted by molar-refractivity contribution is -0.146. The van der Waals surface area contributed by atoms with Crippen molar-refractivity contribution in [3.63, 3.8) is 0 Å². The molecular formula is C15H28O7Si3. The lowest BCUT2D eigenvalue weighted by atomic mass is 10.1. The fourth-order valence-electron chi connectivity index (χ4n) is 1.81. The maximum Gasteiger partial charge on any atom is 0.377 e. The van der Waals surface area contributed by atoms with Crippen LogP contribution in [0.1, 0.15) is 19.4 Å². The fourth-order valence-corrected chi connectivity index (χ4v) is 4.88. The van der Waals surface area contributed by atoms with Gasteiger partial charge in [0.1, 0.15) is 26.7 Å². The van der Waals surface area contributed by atoms with Gasteiger partial charge in [-0.15, -0.1) is 0 Å². The Morgan fingerprint density at radius 3 is 2.04 bits per heavy atom. The summed E-state index contributed by atoms with van der Waals surface area (Å²) in [5.41, 5.74) is 0.620. The minimum absolute atomic E-state index is 0.00528. The number of para-hydroxylation sites is 1. The van der Waals surface area contributed by atoms with E-state index in [9.17, 15) is 4.79 Å². The first-order valence-corrected chi connectivity index (χ1v) is 10.4. The van der Waals surface area contributed by atoms with Crippen LogP contribution in [0.4, 0.5) is 0 Å². The molecule has 0 aliphatic heterocycles. The van der Waals surface area contributed by atoms with Crippen LogP contribution < -0.4 is 4.74 Å². The summed E-state index contributed by atoms with van der Waals surface area (Å²) in [5.74, 6) is 0.280. The van der Waals surface area contributed by atoms with Crippen molar-refractivity contribution in [2.45, 2.75) is 20.0 Å². The molecule has 0 unspecified atom stereocenters. The SMILES string of the molecule is COC(C(=O)OC(C)C)=C(OC)c1ccccc1OC.[SiH3]O[SiH2]O[SiH3]. The highest BCUT2D eigenvalue weighted by atomic mass is 28.3. The fraction of sp³-hybridized carbons (Fsp3) is 0.400. The molecule has 142 valence electrons. The first-order chi connectivity index (χ1) is 12.0. The van der Waals surface area contributed by atoms with Crippen LogP contribution in [0.5, 0.6) is 5.75 Å². The van der Waals surface area contributed by atoms with Gasteiger partial charge >= 0.3 is 5.97 Å². The first kappa shape index (κ1) is 23.4. The second-order valence-corrected chi connectivity index (χ2v) is 9.77. The molecule has 0 atom stereocenters. The Morgan fingerprint density at radius 2 is 1.64 bits per heavy atom. The van der Waals surface area contributed by atoms with Crippen LogP contribution in [0, 0.1) is 0 Å². The molecule has 0 saturated heterocycles. The summed E-state index contributed by atoms with van der Waals surface area (Å²) in [7, 11) is 5.67. The van der Waals surface area contributed by atoms with E-state index < -0.39 is 16.0 Å². The van der Waals surface area contributed by atoms with Crippen LogP contribution >= 0.6 is 0 Å². The third-order valence-corrected chi connectivity index (χ3v) is 4.62. The number of carbonyl (C=O) groups is 1. The number of hydrogen-bond acceptors (Lipinski definition) is 7. The summed E-state index contributed by atoms with van der Waals surface area (Å²) < 4.78 is 30.4. The van der Waals surface area contributed by atoms with Gasteiger partial charge < -0.3 is 27.2 Å². The normalized spacial score (nSPS) is 11.8. The average molecular weight is 405 g/mol. The summed E-state index contributed by atoms with van der Waals surface area (Å²) >= 11 is 0. The zero-order chi connectivity index (χ0) is 19.2. The summed E-state index contributed by atoms with van der Waals surface area (Å²) in [5, 5.41) is 0. The van der Waals surface area contributed by atoms with Gasteiger partial charge in [0.05, 0.1) is 33.0 Å². The van der Waals surface area contributed by atoms with E-state index in [4.69, 9.17) is 27.2 Å². The van der Waals surface area contributed by atoms with Crippen LogP contribution in [-0.2, 0) is 27.2 Å². The maximum absolute atomic E-state index is 12.0. The number of esters is 1. The predicted molar refractivity (Wildman–Crippen MR) is 106 cm³/mol. The van der Waals surface area contributed by atoms with E-state index in [0.717, 1.165) is 21.0 Å². The van der Waals surface area contributed by atoms with E-state index in [1.807, 2.05) is 12.1 Å².